The average Bonchev–Trinajstić information content (AvgIpc) is 3.31. The Morgan fingerprint density at radius 1 is 0.422 bits per heavy atom. The largest absolute Gasteiger partial charge is 0.494 e. The summed E-state index contributed by atoms with van der Waals surface area (Å²) in [6, 6.07) is 48.2. The van der Waals surface area contributed by atoms with E-state index in [0.29, 0.717) is 5.82 Å². The van der Waals surface area contributed by atoms with Gasteiger partial charge in [-0.1, -0.05) is 121 Å². The molecular formula is C40H35BN2O2. The van der Waals surface area contributed by atoms with Gasteiger partial charge in [0, 0.05) is 16.7 Å². The van der Waals surface area contributed by atoms with Gasteiger partial charge in [0.1, 0.15) is 0 Å². The minimum absolute atomic E-state index is 0.461. The van der Waals surface area contributed by atoms with Crippen LogP contribution in [0.15, 0.2) is 140 Å². The van der Waals surface area contributed by atoms with Crippen LogP contribution in [0.4, 0.5) is 0 Å². The Morgan fingerprint density at radius 3 is 1.47 bits per heavy atom. The Labute approximate surface area is 265 Å². The molecule has 1 aliphatic rings. The molecule has 4 nitrogen and oxygen atoms in total. The molecule has 0 saturated carbocycles. The molecule has 45 heavy (non-hydrogen) atoms. The predicted molar refractivity (Wildman–Crippen MR) is 185 cm³/mol. The van der Waals surface area contributed by atoms with Crippen LogP contribution in [0.1, 0.15) is 27.7 Å². The third-order valence-electron chi connectivity index (χ3n) is 8.91. The SMILES string of the molecule is CC1(C)OB(c2cc(-c3cccc(-c4ccccc4)c3)cc(-c3cc(-c4ccccc4)nc(-c4ccccc4)n3)c2)OC1(C)C. The van der Waals surface area contributed by atoms with Crippen LogP contribution in [0.3, 0.4) is 0 Å². The van der Waals surface area contributed by atoms with E-state index in [-0.39, 0.29) is 0 Å². The number of benzene rings is 5. The molecule has 220 valence electrons. The van der Waals surface area contributed by atoms with Gasteiger partial charge < -0.3 is 9.31 Å². The first kappa shape index (κ1) is 28.9. The lowest BCUT2D eigenvalue weighted by atomic mass is 9.76. The molecule has 0 bridgehead atoms. The molecule has 0 atom stereocenters. The summed E-state index contributed by atoms with van der Waals surface area (Å²) >= 11 is 0. The van der Waals surface area contributed by atoms with E-state index in [0.717, 1.165) is 50.2 Å². The van der Waals surface area contributed by atoms with Gasteiger partial charge in [0.25, 0.3) is 0 Å². The lowest BCUT2D eigenvalue weighted by molar-refractivity contribution is 0.00578. The zero-order valence-electron chi connectivity index (χ0n) is 26.1. The van der Waals surface area contributed by atoms with Crippen molar-refractivity contribution in [2.75, 3.05) is 0 Å². The zero-order chi connectivity index (χ0) is 31.0. The van der Waals surface area contributed by atoms with Gasteiger partial charge in [0.15, 0.2) is 5.82 Å². The summed E-state index contributed by atoms with van der Waals surface area (Å²) in [5.74, 6) is 0.681. The first-order valence-electron chi connectivity index (χ1n) is 15.4. The van der Waals surface area contributed by atoms with Gasteiger partial charge in [0.2, 0.25) is 0 Å². The van der Waals surface area contributed by atoms with E-state index in [1.165, 1.54) is 5.56 Å². The van der Waals surface area contributed by atoms with Gasteiger partial charge in [0.05, 0.1) is 22.6 Å². The van der Waals surface area contributed by atoms with Crippen LogP contribution in [0.2, 0.25) is 0 Å². The minimum Gasteiger partial charge on any atom is -0.399 e. The number of aromatic nitrogens is 2. The van der Waals surface area contributed by atoms with Crippen molar-refractivity contribution in [3.8, 4) is 56.2 Å². The van der Waals surface area contributed by atoms with Crippen molar-refractivity contribution >= 4 is 12.6 Å². The molecule has 2 heterocycles. The van der Waals surface area contributed by atoms with Crippen molar-refractivity contribution in [1.82, 2.24) is 9.97 Å². The third-order valence-corrected chi connectivity index (χ3v) is 8.91. The quantitative estimate of drug-likeness (QED) is 0.183. The van der Waals surface area contributed by atoms with Gasteiger partial charge >= 0.3 is 7.12 Å². The van der Waals surface area contributed by atoms with Crippen LogP contribution in [0, 0.1) is 0 Å². The summed E-state index contributed by atoms with van der Waals surface area (Å²) in [4.78, 5) is 10.1. The van der Waals surface area contributed by atoms with E-state index < -0.39 is 18.3 Å². The Hall–Kier alpha value is -4.84. The summed E-state index contributed by atoms with van der Waals surface area (Å²) in [6.45, 7) is 8.35. The monoisotopic (exact) mass is 586 g/mol. The third kappa shape index (κ3) is 5.85. The van der Waals surface area contributed by atoms with Crippen LogP contribution in [0.25, 0.3) is 56.2 Å². The molecule has 5 heteroatoms. The van der Waals surface area contributed by atoms with Crippen molar-refractivity contribution < 1.29 is 9.31 Å². The second-order valence-corrected chi connectivity index (χ2v) is 12.6. The van der Waals surface area contributed by atoms with Crippen molar-refractivity contribution in [3.05, 3.63) is 140 Å². The van der Waals surface area contributed by atoms with E-state index in [9.17, 15) is 0 Å². The molecule has 1 aliphatic heterocycles. The molecular weight excluding hydrogens is 551 g/mol. The van der Waals surface area contributed by atoms with E-state index in [4.69, 9.17) is 19.3 Å². The molecule has 6 aromatic rings. The summed E-state index contributed by atoms with van der Waals surface area (Å²) in [5, 5.41) is 0. The second kappa shape index (κ2) is 11.6. The fourth-order valence-corrected chi connectivity index (χ4v) is 5.66. The molecule has 0 spiro atoms. The van der Waals surface area contributed by atoms with Gasteiger partial charge in [-0.3, -0.25) is 0 Å². The van der Waals surface area contributed by atoms with Crippen LogP contribution >= 0.6 is 0 Å². The van der Waals surface area contributed by atoms with E-state index in [1.54, 1.807) is 0 Å². The fraction of sp³-hybridized carbons (Fsp3) is 0.150. The Balaban J connectivity index is 1.41. The lowest BCUT2D eigenvalue weighted by Gasteiger charge is -2.32. The fourth-order valence-electron chi connectivity index (χ4n) is 5.66. The Morgan fingerprint density at radius 2 is 0.867 bits per heavy atom. The van der Waals surface area contributed by atoms with Crippen LogP contribution in [0.5, 0.6) is 0 Å². The summed E-state index contributed by atoms with van der Waals surface area (Å²) in [6.07, 6.45) is 0. The number of hydrogen-bond donors (Lipinski definition) is 0. The molecule has 1 saturated heterocycles. The van der Waals surface area contributed by atoms with Gasteiger partial charge in [-0.25, -0.2) is 9.97 Å². The summed E-state index contributed by atoms with van der Waals surface area (Å²) in [5.41, 5.74) is 9.22. The highest BCUT2D eigenvalue weighted by Gasteiger charge is 2.51. The summed E-state index contributed by atoms with van der Waals surface area (Å²) in [7, 11) is -0.518. The Bertz CT molecular complexity index is 1880. The van der Waals surface area contributed by atoms with Gasteiger partial charge in [-0.05, 0) is 73.6 Å². The number of rotatable bonds is 6. The lowest BCUT2D eigenvalue weighted by Crippen LogP contribution is -2.41. The van der Waals surface area contributed by atoms with Crippen molar-refractivity contribution in [2.24, 2.45) is 0 Å². The van der Waals surface area contributed by atoms with E-state index in [1.807, 2.05) is 42.5 Å². The number of nitrogens with zero attached hydrogens (tertiary/aromatic N) is 2. The summed E-state index contributed by atoms with van der Waals surface area (Å²) < 4.78 is 13.1. The topological polar surface area (TPSA) is 44.2 Å². The van der Waals surface area contributed by atoms with Gasteiger partial charge in [-0.15, -0.1) is 0 Å². The standard InChI is InChI=1S/C40H35BN2O2/c1-39(2)40(3,4)45-41(44-39)35-25-33(32-22-14-21-31(23-32)28-15-8-5-9-16-28)24-34(26-35)37-27-36(29-17-10-6-11-18-29)42-38(43-37)30-19-12-7-13-20-30/h5-27H,1-4H3. The van der Waals surface area contributed by atoms with Gasteiger partial charge in [-0.2, -0.15) is 0 Å². The Kier molecular flexibility index (Phi) is 7.44. The highest BCUT2D eigenvalue weighted by Crippen LogP contribution is 2.38. The smallest absolute Gasteiger partial charge is 0.399 e. The molecule has 0 amide bonds. The van der Waals surface area contributed by atoms with E-state index >= 15 is 0 Å². The highest BCUT2D eigenvalue weighted by molar-refractivity contribution is 6.62. The molecule has 0 radical (unpaired) electrons. The number of hydrogen-bond acceptors (Lipinski definition) is 4. The first-order valence-corrected chi connectivity index (χ1v) is 15.4. The van der Waals surface area contributed by atoms with E-state index in [2.05, 4.69) is 125 Å². The predicted octanol–water partition coefficient (Wildman–Crippen LogP) is 9.11. The van der Waals surface area contributed by atoms with Crippen LogP contribution in [-0.2, 0) is 9.31 Å². The molecule has 5 aromatic carbocycles. The molecule has 1 fully saturated rings. The van der Waals surface area contributed by atoms with Crippen molar-refractivity contribution in [2.45, 2.75) is 38.9 Å². The van der Waals surface area contributed by atoms with Crippen molar-refractivity contribution in [1.29, 1.82) is 0 Å². The normalized spacial score (nSPS) is 15.2. The van der Waals surface area contributed by atoms with Crippen LogP contribution < -0.4 is 5.46 Å². The zero-order valence-corrected chi connectivity index (χ0v) is 26.1. The maximum atomic E-state index is 6.56. The second-order valence-electron chi connectivity index (χ2n) is 12.6. The maximum Gasteiger partial charge on any atom is 0.494 e. The first-order chi connectivity index (χ1) is 21.8. The highest BCUT2D eigenvalue weighted by atomic mass is 16.7. The molecule has 0 aliphatic carbocycles. The molecule has 1 aromatic heterocycles. The molecule has 7 rings (SSSR count). The molecule has 0 N–H and O–H groups in total. The average molecular weight is 587 g/mol. The minimum atomic E-state index is -0.518. The van der Waals surface area contributed by atoms with Crippen molar-refractivity contribution in [3.63, 3.8) is 0 Å². The molecule has 0 unspecified atom stereocenters. The maximum absolute atomic E-state index is 6.56. The van der Waals surface area contributed by atoms with Crippen LogP contribution in [-0.4, -0.2) is 28.3 Å².